The van der Waals surface area contributed by atoms with Gasteiger partial charge in [0.25, 0.3) is 5.91 Å². The summed E-state index contributed by atoms with van der Waals surface area (Å²) in [6.07, 6.45) is 1.19. The second-order valence-electron chi connectivity index (χ2n) is 6.42. The monoisotopic (exact) mass is 348 g/mol. The lowest BCUT2D eigenvalue weighted by Crippen LogP contribution is -2.50. The Kier molecular flexibility index (Phi) is 6.01. The number of ether oxygens (including phenoxy) is 1. The highest BCUT2D eigenvalue weighted by Gasteiger charge is 2.39. The summed E-state index contributed by atoms with van der Waals surface area (Å²) in [7, 11) is 0. The minimum atomic E-state index is -0.924. The number of aliphatic carboxylic acids is 1. The van der Waals surface area contributed by atoms with Crippen LogP contribution >= 0.6 is 0 Å². The van der Waals surface area contributed by atoms with E-state index in [1.807, 2.05) is 6.92 Å². The van der Waals surface area contributed by atoms with E-state index in [4.69, 9.17) is 4.74 Å². The van der Waals surface area contributed by atoms with Gasteiger partial charge in [-0.2, -0.15) is 0 Å². The van der Waals surface area contributed by atoms with E-state index >= 15 is 0 Å². The highest BCUT2D eigenvalue weighted by atomic mass is 16.5. The van der Waals surface area contributed by atoms with Gasteiger partial charge in [0.05, 0.1) is 18.6 Å². The van der Waals surface area contributed by atoms with Crippen molar-refractivity contribution in [3.05, 3.63) is 29.8 Å². The maximum absolute atomic E-state index is 12.3. The van der Waals surface area contributed by atoms with Gasteiger partial charge in [-0.05, 0) is 51.0 Å². The van der Waals surface area contributed by atoms with Crippen LogP contribution in [-0.2, 0) is 9.59 Å². The Morgan fingerprint density at radius 1 is 1.28 bits per heavy atom. The summed E-state index contributed by atoms with van der Waals surface area (Å²) in [5.74, 6) is -0.847. The summed E-state index contributed by atoms with van der Waals surface area (Å²) in [6, 6.07) is 6.66. The van der Waals surface area contributed by atoms with E-state index in [9.17, 15) is 19.5 Å². The number of benzene rings is 1. The summed E-state index contributed by atoms with van der Waals surface area (Å²) in [5.41, 5.74) is -0.488. The van der Waals surface area contributed by atoms with Gasteiger partial charge in [-0.25, -0.2) is 0 Å². The minimum absolute atomic E-state index is 0.151. The number of nitrogens with one attached hydrogen (secondary N) is 1. The second-order valence-corrected chi connectivity index (χ2v) is 6.42. The molecular weight excluding hydrogens is 324 g/mol. The molecule has 1 atom stereocenters. The Labute approximate surface area is 147 Å². The van der Waals surface area contributed by atoms with Gasteiger partial charge in [-0.1, -0.05) is 0 Å². The smallest absolute Gasteiger partial charge is 0.311 e. The van der Waals surface area contributed by atoms with Crippen LogP contribution in [0.15, 0.2) is 24.3 Å². The summed E-state index contributed by atoms with van der Waals surface area (Å²) in [5, 5.41) is 11.9. The minimum Gasteiger partial charge on any atom is -0.494 e. The average Bonchev–Trinajstić information content (AvgIpc) is 2.60. The van der Waals surface area contributed by atoms with Crippen molar-refractivity contribution < 1.29 is 24.2 Å². The van der Waals surface area contributed by atoms with Gasteiger partial charge in [-0.3, -0.25) is 14.4 Å². The lowest BCUT2D eigenvalue weighted by molar-refractivity contribution is -0.153. The molecule has 0 aliphatic carbocycles. The van der Waals surface area contributed by atoms with Gasteiger partial charge in [0.15, 0.2) is 0 Å². The van der Waals surface area contributed by atoms with Crippen molar-refractivity contribution >= 4 is 17.8 Å². The first kappa shape index (κ1) is 18.8. The first-order valence-corrected chi connectivity index (χ1v) is 8.38. The lowest BCUT2D eigenvalue weighted by atomic mass is 9.82. The van der Waals surface area contributed by atoms with Gasteiger partial charge in [0.2, 0.25) is 5.91 Å². The van der Waals surface area contributed by atoms with Crippen LogP contribution in [0.4, 0.5) is 0 Å². The van der Waals surface area contributed by atoms with Crippen molar-refractivity contribution in [2.24, 2.45) is 5.41 Å². The molecular formula is C18H24N2O5. The Morgan fingerprint density at radius 3 is 2.56 bits per heavy atom. The molecule has 0 bridgehead atoms. The Balaban J connectivity index is 1.88. The number of hydrogen-bond donors (Lipinski definition) is 2. The molecule has 2 rings (SSSR count). The fourth-order valence-electron chi connectivity index (χ4n) is 2.87. The van der Waals surface area contributed by atoms with Crippen molar-refractivity contribution in [2.45, 2.75) is 26.7 Å². The van der Waals surface area contributed by atoms with Crippen LogP contribution in [0.25, 0.3) is 0 Å². The van der Waals surface area contributed by atoms with Gasteiger partial charge in [-0.15, -0.1) is 0 Å². The van der Waals surface area contributed by atoms with Crippen molar-refractivity contribution in [1.29, 1.82) is 0 Å². The van der Waals surface area contributed by atoms with Gasteiger partial charge in [0.1, 0.15) is 5.75 Å². The van der Waals surface area contributed by atoms with E-state index in [1.54, 1.807) is 31.2 Å². The molecule has 2 N–H and O–H groups in total. The highest BCUT2D eigenvalue weighted by Crippen LogP contribution is 2.29. The van der Waals surface area contributed by atoms with E-state index in [1.165, 1.54) is 4.90 Å². The zero-order chi connectivity index (χ0) is 18.4. The zero-order valence-electron chi connectivity index (χ0n) is 14.6. The van der Waals surface area contributed by atoms with E-state index in [0.29, 0.717) is 37.3 Å². The van der Waals surface area contributed by atoms with Crippen LogP contribution in [0, 0.1) is 5.41 Å². The van der Waals surface area contributed by atoms with Crippen molar-refractivity contribution in [3.8, 4) is 5.75 Å². The number of carboxylic acids is 1. The summed E-state index contributed by atoms with van der Waals surface area (Å²) >= 11 is 0. The van der Waals surface area contributed by atoms with Crippen molar-refractivity contribution in [1.82, 2.24) is 10.2 Å². The van der Waals surface area contributed by atoms with Gasteiger partial charge in [0, 0.05) is 18.7 Å². The molecule has 136 valence electrons. The molecule has 1 aliphatic rings. The molecule has 0 radical (unpaired) electrons. The van der Waals surface area contributed by atoms with Crippen LogP contribution in [0.1, 0.15) is 37.0 Å². The van der Waals surface area contributed by atoms with Crippen molar-refractivity contribution in [2.75, 3.05) is 26.2 Å². The number of rotatable bonds is 6. The molecule has 0 saturated carbocycles. The molecule has 1 saturated heterocycles. The molecule has 0 spiro atoms. The van der Waals surface area contributed by atoms with Crippen LogP contribution in [0.2, 0.25) is 0 Å². The number of nitrogens with zero attached hydrogens (tertiary/aromatic N) is 1. The largest absolute Gasteiger partial charge is 0.494 e. The maximum atomic E-state index is 12.3. The molecule has 7 heteroatoms. The lowest BCUT2D eigenvalue weighted by Gasteiger charge is -2.37. The number of piperidine rings is 1. The Hall–Kier alpha value is -2.57. The predicted octanol–water partition coefficient (Wildman–Crippen LogP) is 1.53. The average molecular weight is 348 g/mol. The SMILES string of the molecule is CCOc1ccc(C(=O)NCC(=O)N2CCCC(C)(C(=O)O)C2)cc1. The van der Waals surface area contributed by atoms with Gasteiger partial charge >= 0.3 is 5.97 Å². The van der Waals surface area contributed by atoms with E-state index in [0.717, 1.165) is 0 Å². The number of carbonyl (C=O) groups excluding carboxylic acids is 2. The third-order valence-electron chi connectivity index (χ3n) is 4.39. The summed E-state index contributed by atoms with van der Waals surface area (Å²) in [4.78, 5) is 37.3. The fourth-order valence-corrected chi connectivity index (χ4v) is 2.87. The number of hydrogen-bond acceptors (Lipinski definition) is 4. The standard InChI is InChI=1S/C18H24N2O5/c1-3-25-14-7-5-13(6-8-14)16(22)19-11-15(21)20-10-4-9-18(2,12-20)17(23)24/h5-8H,3-4,9-12H2,1-2H3,(H,19,22)(H,23,24). The van der Waals surface area contributed by atoms with Crippen LogP contribution < -0.4 is 10.1 Å². The maximum Gasteiger partial charge on any atom is 0.311 e. The van der Waals surface area contributed by atoms with Crippen molar-refractivity contribution in [3.63, 3.8) is 0 Å². The first-order valence-electron chi connectivity index (χ1n) is 8.38. The molecule has 1 aromatic rings. The first-order chi connectivity index (χ1) is 11.9. The van der Waals surface area contributed by atoms with Crippen LogP contribution in [0.3, 0.4) is 0 Å². The zero-order valence-corrected chi connectivity index (χ0v) is 14.6. The molecule has 1 fully saturated rings. The van der Waals surface area contributed by atoms with Crippen LogP contribution in [0.5, 0.6) is 5.75 Å². The molecule has 1 aromatic carbocycles. The van der Waals surface area contributed by atoms with E-state index in [2.05, 4.69) is 5.32 Å². The molecule has 1 heterocycles. The molecule has 1 unspecified atom stereocenters. The Morgan fingerprint density at radius 2 is 1.96 bits per heavy atom. The molecule has 25 heavy (non-hydrogen) atoms. The molecule has 1 aliphatic heterocycles. The highest BCUT2D eigenvalue weighted by molar-refractivity contribution is 5.96. The number of carbonyl (C=O) groups is 3. The quantitative estimate of drug-likeness (QED) is 0.813. The topological polar surface area (TPSA) is 95.9 Å². The Bertz CT molecular complexity index is 643. The van der Waals surface area contributed by atoms with E-state index < -0.39 is 11.4 Å². The van der Waals surface area contributed by atoms with E-state index in [-0.39, 0.29) is 24.9 Å². The number of carboxylic acid groups (broad SMARTS) is 1. The summed E-state index contributed by atoms with van der Waals surface area (Å²) in [6.45, 7) is 4.60. The number of amides is 2. The molecule has 7 nitrogen and oxygen atoms in total. The second kappa shape index (κ2) is 8.00. The third kappa shape index (κ3) is 4.71. The normalized spacial score (nSPS) is 20.0. The van der Waals surface area contributed by atoms with Gasteiger partial charge < -0.3 is 20.1 Å². The predicted molar refractivity (Wildman–Crippen MR) is 91.5 cm³/mol. The fraction of sp³-hybridized carbons (Fsp3) is 0.500. The summed E-state index contributed by atoms with van der Waals surface area (Å²) < 4.78 is 5.32. The molecule has 2 amide bonds. The molecule has 0 aromatic heterocycles. The van der Waals surface area contributed by atoms with Crippen LogP contribution in [-0.4, -0.2) is 54.0 Å². The number of likely N-dealkylation sites (tertiary alicyclic amines) is 1. The third-order valence-corrected chi connectivity index (χ3v) is 4.39.